The van der Waals surface area contributed by atoms with Crippen LogP contribution in [0.15, 0.2) is 54.1 Å². The summed E-state index contributed by atoms with van der Waals surface area (Å²) < 4.78 is 11.5. The number of para-hydroxylation sites is 2. The Morgan fingerprint density at radius 2 is 1.82 bits per heavy atom. The molecule has 0 radical (unpaired) electrons. The van der Waals surface area contributed by atoms with E-state index in [0.29, 0.717) is 16.9 Å². The van der Waals surface area contributed by atoms with Crippen molar-refractivity contribution in [3.05, 3.63) is 65.2 Å². The summed E-state index contributed by atoms with van der Waals surface area (Å²) in [4.78, 5) is 12.6. The van der Waals surface area contributed by atoms with E-state index in [4.69, 9.17) is 9.47 Å². The molecular weight excluding hydrogens is 276 g/mol. The van der Waals surface area contributed by atoms with Gasteiger partial charge in [-0.2, -0.15) is 0 Å². The van der Waals surface area contributed by atoms with Crippen molar-refractivity contribution in [3.63, 3.8) is 0 Å². The van der Waals surface area contributed by atoms with Crippen molar-refractivity contribution in [1.82, 2.24) is 0 Å². The Kier molecular flexibility index (Phi) is 3.96. The summed E-state index contributed by atoms with van der Waals surface area (Å²) in [6.07, 6.45) is 1.94. The van der Waals surface area contributed by atoms with E-state index in [2.05, 4.69) is 0 Å². The van der Waals surface area contributed by atoms with Gasteiger partial charge in [-0.1, -0.05) is 30.3 Å². The van der Waals surface area contributed by atoms with E-state index in [1.807, 2.05) is 62.4 Å². The van der Waals surface area contributed by atoms with Crippen LogP contribution < -0.4 is 9.47 Å². The van der Waals surface area contributed by atoms with E-state index in [9.17, 15) is 4.79 Å². The van der Waals surface area contributed by atoms with Gasteiger partial charge in [0.15, 0.2) is 5.78 Å². The molecule has 0 bridgehead atoms. The highest BCUT2D eigenvalue weighted by molar-refractivity contribution is 6.14. The molecule has 1 heterocycles. The van der Waals surface area contributed by atoms with Gasteiger partial charge in [0.1, 0.15) is 18.1 Å². The second-order valence-corrected chi connectivity index (χ2v) is 5.49. The molecule has 112 valence electrons. The molecule has 0 unspecified atom stereocenters. The Morgan fingerprint density at radius 1 is 1.09 bits per heavy atom. The summed E-state index contributed by atoms with van der Waals surface area (Å²) >= 11 is 0. The van der Waals surface area contributed by atoms with E-state index < -0.39 is 0 Å². The van der Waals surface area contributed by atoms with Gasteiger partial charge in [-0.3, -0.25) is 4.79 Å². The first kappa shape index (κ1) is 14.4. The molecule has 3 nitrogen and oxygen atoms in total. The number of hydrogen-bond acceptors (Lipinski definition) is 3. The second-order valence-electron chi connectivity index (χ2n) is 5.49. The van der Waals surface area contributed by atoms with Crippen LogP contribution in [0.4, 0.5) is 0 Å². The molecule has 1 aliphatic rings. The van der Waals surface area contributed by atoms with Crippen molar-refractivity contribution >= 4 is 11.9 Å². The Bertz CT molecular complexity index is 729. The first-order valence-corrected chi connectivity index (χ1v) is 7.38. The first-order valence-electron chi connectivity index (χ1n) is 7.38. The molecule has 0 aromatic heterocycles. The number of carbonyl (C=O) groups excluding carboxylic acids is 1. The molecule has 3 heteroatoms. The molecule has 0 saturated carbocycles. The normalized spacial score (nSPS) is 15.6. The fraction of sp³-hybridized carbons (Fsp3) is 0.211. The van der Waals surface area contributed by atoms with Crippen molar-refractivity contribution in [3.8, 4) is 11.5 Å². The zero-order valence-electron chi connectivity index (χ0n) is 12.7. The third-order valence-electron chi connectivity index (χ3n) is 3.42. The van der Waals surface area contributed by atoms with Crippen LogP contribution in [0.2, 0.25) is 0 Å². The monoisotopic (exact) mass is 294 g/mol. The minimum Gasteiger partial charge on any atom is -0.490 e. The minimum absolute atomic E-state index is 0.0150. The summed E-state index contributed by atoms with van der Waals surface area (Å²) in [6, 6.07) is 15.0. The SMILES string of the molecule is CC(C)Oc1ccccc1/C=C1/COc2ccccc2C1=O. The van der Waals surface area contributed by atoms with Crippen LogP contribution in [0.1, 0.15) is 29.8 Å². The molecule has 3 rings (SSSR count). The summed E-state index contributed by atoms with van der Waals surface area (Å²) in [6.45, 7) is 4.25. The average molecular weight is 294 g/mol. The van der Waals surface area contributed by atoms with Crippen LogP contribution in [0.5, 0.6) is 11.5 Å². The number of ketones is 1. The Labute approximate surface area is 130 Å². The largest absolute Gasteiger partial charge is 0.490 e. The molecule has 1 aliphatic heterocycles. The highest BCUT2D eigenvalue weighted by Crippen LogP contribution is 2.29. The molecule has 0 amide bonds. The number of Topliss-reactive ketones (excluding diaryl/α,β-unsaturated/α-hetero) is 1. The molecule has 0 saturated heterocycles. The number of fused-ring (bicyclic) bond motifs is 1. The van der Waals surface area contributed by atoms with E-state index in [0.717, 1.165) is 11.3 Å². The molecule has 0 fully saturated rings. The van der Waals surface area contributed by atoms with Crippen LogP contribution in [0, 0.1) is 0 Å². The van der Waals surface area contributed by atoms with E-state index >= 15 is 0 Å². The van der Waals surface area contributed by atoms with Gasteiger partial charge in [-0.05, 0) is 38.1 Å². The maximum absolute atomic E-state index is 12.6. The number of ether oxygens (including phenoxy) is 2. The number of hydrogen-bond donors (Lipinski definition) is 0. The predicted octanol–water partition coefficient (Wildman–Crippen LogP) is 4.13. The van der Waals surface area contributed by atoms with E-state index in [1.54, 1.807) is 6.07 Å². The fourth-order valence-electron chi connectivity index (χ4n) is 2.43. The van der Waals surface area contributed by atoms with Gasteiger partial charge in [0.2, 0.25) is 0 Å². The van der Waals surface area contributed by atoms with E-state index in [1.165, 1.54) is 0 Å². The molecule has 0 aliphatic carbocycles. The Hall–Kier alpha value is -2.55. The van der Waals surface area contributed by atoms with Gasteiger partial charge < -0.3 is 9.47 Å². The second kappa shape index (κ2) is 6.06. The topological polar surface area (TPSA) is 35.5 Å². The number of rotatable bonds is 3. The van der Waals surface area contributed by atoms with Crippen LogP contribution in [-0.2, 0) is 0 Å². The summed E-state index contributed by atoms with van der Waals surface area (Å²) in [5, 5.41) is 0. The summed E-state index contributed by atoms with van der Waals surface area (Å²) in [5.74, 6) is 1.44. The zero-order chi connectivity index (χ0) is 15.5. The number of carbonyl (C=O) groups is 1. The van der Waals surface area contributed by atoms with Crippen molar-refractivity contribution < 1.29 is 14.3 Å². The number of benzene rings is 2. The van der Waals surface area contributed by atoms with Gasteiger partial charge >= 0.3 is 0 Å². The lowest BCUT2D eigenvalue weighted by atomic mass is 9.98. The van der Waals surface area contributed by atoms with Gasteiger partial charge in [0, 0.05) is 11.1 Å². The Balaban J connectivity index is 1.96. The van der Waals surface area contributed by atoms with Gasteiger partial charge in [-0.15, -0.1) is 0 Å². The first-order chi connectivity index (χ1) is 10.6. The molecule has 2 aromatic carbocycles. The zero-order valence-corrected chi connectivity index (χ0v) is 12.7. The van der Waals surface area contributed by atoms with Crippen molar-refractivity contribution in [2.75, 3.05) is 6.61 Å². The third-order valence-corrected chi connectivity index (χ3v) is 3.42. The highest BCUT2D eigenvalue weighted by Gasteiger charge is 2.23. The molecule has 0 spiro atoms. The maximum Gasteiger partial charge on any atom is 0.196 e. The third kappa shape index (κ3) is 2.89. The van der Waals surface area contributed by atoms with Crippen molar-refractivity contribution in [2.24, 2.45) is 0 Å². The Morgan fingerprint density at radius 3 is 2.64 bits per heavy atom. The predicted molar refractivity (Wildman–Crippen MR) is 86.5 cm³/mol. The molecular formula is C19H18O3. The maximum atomic E-state index is 12.6. The molecule has 0 N–H and O–H groups in total. The lowest BCUT2D eigenvalue weighted by Gasteiger charge is -2.19. The quantitative estimate of drug-likeness (QED) is 0.798. The molecule has 0 atom stereocenters. The van der Waals surface area contributed by atoms with Gasteiger partial charge in [0.05, 0.1) is 11.7 Å². The van der Waals surface area contributed by atoms with Crippen LogP contribution in [0.3, 0.4) is 0 Å². The van der Waals surface area contributed by atoms with Crippen LogP contribution >= 0.6 is 0 Å². The lowest BCUT2D eigenvalue weighted by molar-refractivity contribution is 0.100. The fourth-order valence-corrected chi connectivity index (χ4v) is 2.43. The van der Waals surface area contributed by atoms with Crippen LogP contribution in [-0.4, -0.2) is 18.5 Å². The summed E-state index contributed by atoms with van der Waals surface area (Å²) in [7, 11) is 0. The summed E-state index contributed by atoms with van der Waals surface area (Å²) in [5.41, 5.74) is 2.14. The van der Waals surface area contributed by atoms with Crippen molar-refractivity contribution in [2.45, 2.75) is 20.0 Å². The standard InChI is InChI=1S/C19H18O3/c1-13(2)22-17-9-5-3-7-14(17)11-15-12-21-18-10-6-4-8-16(18)19(15)20/h3-11,13H,12H2,1-2H3/b15-11-. The van der Waals surface area contributed by atoms with Crippen molar-refractivity contribution in [1.29, 1.82) is 0 Å². The lowest BCUT2D eigenvalue weighted by Crippen LogP contribution is -2.19. The van der Waals surface area contributed by atoms with Crippen LogP contribution in [0.25, 0.3) is 6.08 Å². The smallest absolute Gasteiger partial charge is 0.196 e. The molecule has 22 heavy (non-hydrogen) atoms. The molecule has 2 aromatic rings. The van der Waals surface area contributed by atoms with E-state index in [-0.39, 0.29) is 18.5 Å². The minimum atomic E-state index is 0.0150. The average Bonchev–Trinajstić information content (AvgIpc) is 2.51. The van der Waals surface area contributed by atoms with Gasteiger partial charge in [-0.25, -0.2) is 0 Å². The van der Waals surface area contributed by atoms with Gasteiger partial charge in [0.25, 0.3) is 0 Å². The highest BCUT2D eigenvalue weighted by atomic mass is 16.5.